The lowest BCUT2D eigenvalue weighted by molar-refractivity contribution is 0.400. The van der Waals surface area contributed by atoms with Crippen LogP contribution in [0.2, 0.25) is 0 Å². The van der Waals surface area contributed by atoms with Crippen molar-refractivity contribution in [1.29, 1.82) is 0 Å². The van der Waals surface area contributed by atoms with Crippen LogP contribution in [0.4, 0.5) is 0 Å². The van der Waals surface area contributed by atoms with Gasteiger partial charge >= 0.3 is 0 Å². The fraction of sp³-hybridized carbons (Fsp3) is 0.800. The molecule has 0 radical (unpaired) electrons. The average molecular weight is 153 g/mol. The van der Waals surface area contributed by atoms with E-state index in [2.05, 4.69) is 32.7 Å². The predicted molar refractivity (Wildman–Crippen MR) is 49.5 cm³/mol. The third-order valence-corrected chi connectivity index (χ3v) is 2.92. The van der Waals surface area contributed by atoms with Crippen molar-refractivity contribution in [2.45, 2.75) is 33.2 Å². The molecule has 1 heterocycles. The molecule has 0 aromatic carbocycles. The second-order valence-electron chi connectivity index (χ2n) is 3.72. The maximum atomic E-state index is 4.03. The molecule has 1 aliphatic rings. The van der Waals surface area contributed by atoms with E-state index in [-0.39, 0.29) is 0 Å². The summed E-state index contributed by atoms with van der Waals surface area (Å²) >= 11 is 0. The van der Waals surface area contributed by atoms with Crippen LogP contribution in [-0.2, 0) is 0 Å². The van der Waals surface area contributed by atoms with E-state index < -0.39 is 0 Å². The van der Waals surface area contributed by atoms with Crippen molar-refractivity contribution < 1.29 is 0 Å². The standard InChI is InChI=1S/C10H19N/c1-5-9-8(4)11-6-10(9)7(2)3/h8-11H,2,5-6H2,1,3-4H3. The maximum absolute atomic E-state index is 4.03. The molecule has 1 nitrogen and oxygen atoms in total. The second kappa shape index (κ2) is 3.40. The third kappa shape index (κ3) is 1.64. The molecular weight excluding hydrogens is 134 g/mol. The molecule has 0 spiro atoms. The third-order valence-electron chi connectivity index (χ3n) is 2.92. The summed E-state index contributed by atoms with van der Waals surface area (Å²) in [6.45, 7) is 11.9. The van der Waals surface area contributed by atoms with Crippen LogP contribution in [0.5, 0.6) is 0 Å². The Bertz CT molecular complexity index is 151. The minimum atomic E-state index is 0.682. The van der Waals surface area contributed by atoms with Gasteiger partial charge in [0.1, 0.15) is 0 Å². The van der Waals surface area contributed by atoms with Gasteiger partial charge in [-0.25, -0.2) is 0 Å². The molecule has 1 fully saturated rings. The van der Waals surface area contributed by atoms with Crippen LogP contribution in [0.15, 0.2) is 12.2 Å². The Balaban J connectivity index is 2.61. The SMILES string of the molecule is C=C(C)C1CNC(C)C1CC. The number of hydrogen-bond acceptors (Lipinski definition) is 1. The highest BCUT2D eigenvalue weighted by molar-refractivity contribution is 5.05. The molecule has 1 rings (SSSR count). The lowest BCUT2D eigenvalue weighted by Gasteiger charge is -2.19. The van der Waals surface area contributed by atoms with Crippen LogP contribution in [0.25, 0.3) is 0 Å². The van der Waals surface area contributed by atoms with E-state index >= 15 is 0 Å². The van der Waals surface area contributed by atoms with Gasteiger partial charge in [-0.3, -0.25) is 0 Å². The summed E-state index contributed by atoms with van der Waals surface area (Å²) in [5, 5.41) is 3.49. The first-order chi connectivity index (χ1) is 5.16. The quantitative estimate of drug-likeness (QED) is 0.600. The van der Waals surface area contributed by atoms with E-state index in [1.807, 2.05) is 0 Å². The van der Waals surface area contributed by atoms with E-state index in [4.69, 9.17) is 0 Å². The summed E-state index contributed by atoms with van der Waals surface area (Å²) in [4.78, 5) is 0. The molecule has 1 aliphatic heterocycles. The molecule has 1 heteroatoms. The van der Waals surface area contributed by atoms with Crippen LogP contribution >= 0.6 is 0 Å². The van der Waals surface area contributed by atoms with Gasteiger partial charge in [-0.2, -0.15) is 0 Å². The zero-order chi connectivity index (χ0) is 8.43. The summed E-state index contributed by atoms with van der Waals surface area (Å²) in [7, 11) is 0. The lowest BCUT2D eigenvalue weighted by Crippen LogP contribution is -2.22. The normalized spacial score (nSPS) is 37.5. The summed E-state index contributed by atoms with van der Waals surface area (Å²) in [5.74, 6) is 1.53. The fourth-order valence-electron chi connectivity index (χ4n) is 2.14. The fourth-order valence-corrected chi connectivity index (χ4v) is 2.14. The lowest BCUT2D eigenvalue weighted by atomic mass is 9.85. The zero-order valence-corrected chi connectivity index (χ0v) is 7.85. The van der Waals surface area contributed by atoms with Crippen LogP contribution in [0.3, 0.4) is 0 Å². The van der Waals surface area contributed by atoms with Crippen molar-refractivity contribution in [3.8, 4) is 0 Å². The van der Waals surface area contributed by atoms with E-state index in [9.17, 15) is 0 Å². The van der Waals surface area contributed by atoms with E-state index in [0.29, 0.717) is 6.04 Å². The Morgan fingerprint density at radius 3 is 2.64 bits per heavy atom. The van der Waals surface area contributed by atoms with Crippen molar-refractivity contribution in [1.82, 2.24) is 5.32 Å². The molecule has 0 bridgehead atoms. The average Bonchev–Trinajstić information content (AvgIpc) is 2.30. The van der Waals surface area contributed by atoms with Crippen LogP contribution in [0.1, 0.15) is 27.2 Å². The smallest absolute Gasteiger partial charge is 0.00733 e. The van der Waals surface area contributed by atoms with E-state index in [0.717, 1.165) is 18.4 Å². The maximum Gasteiger partial charge on any atom is 0.00733 e. The highest BCUT2D eigenvalue weighted by atomic mass is 15.0. The molecule has 0 saturated carbocycles. The molecular formula is C10H19N. The first-order valence-corrected chi connectivity index (χ1v) is 4.55. The van der Waals surface area contributed by atoms with Gasteiger partial charge in [-0.1, -0.05) is 25.5 Å². The number of rotatable bonds is 2. The largest absolute Gasteiger partial charge is 0.313 e. The van der Waals surface area contributed by atoms with Crippen LogP contribution in [-0.4, -0.2) is 12.6 Å². The van der Waals surface area contributed by atoms with E-state index in [1.165, 1.54) is 12.0 Å². The summed E-state index contributed by atoms with van der Waals surface area (Å²) < 4.78 is 0. The highest BCUT2D eigenvalue weighted by Crippen LogP contribution is 2.29. The number of hydrogen-bond donors (Lipinski definition) is 1. The van der Waals surface area contributed by atoms with Gasteiger partial charge in [0.15, 0.2) is 0 Å². The first-order valence-electron chi connectivity index (χ1n) is 4.55. The Labute approximate surface area is 69.9 Å². The summed E-state index contributed by atoms with van der Waals surface area (Å²) in [6.07, 6.45) is 1.27. The van der Waals surface area contributed by atoms with Gasteiger partial charge in [0.25, 0.3) is 0 Å². The second-order valence-corrected chi connectivity index (χ2v) is 3.72. The topological polar surface area (TPSA) is 12.0 Å². The van der Waals surface area contributed by atoms with Gasteiger partial charge in [-0.05, 0) is 25.7 Å². The van der Waals surface area contributed by atoms with Gasteiger partial charge < -0.3 is 5.32 Å². The predicted octanol–water partition coefficient (Wildman–Crippen LogP) is 2.20. The Kier molecular flexibility index (Phi) is 2.72. The molecule has 3 unspecified atom stereocenters. The van der Waals surface area contributed by atoms with Crippen molar-refractivity contribution in [2.24, 2.45) is 11.8 Å². The van der Waals surface area contributed by atoms with Crippen molar-refractivity contribution in [3.63, 3.8) is 0 Å². The van der Waals surface area contributed by atoms with Crippen LogP contribution in [0, 0.1) is 11.8 Å². The molecule has 0 amide bonds. The molecule has 1 N–H and O–H groups in total. The summed E-state index contributed by atoms with van der Waals surface area (Å²) in [5.41, 5.74) is 1.34. The van der Waals surface area contributed by atoms with Gasteiger partial charge in [-0.15, -0.1) is 0 Å². The highest BCUT2D eigenvalue weighted by Gasteiger charge is 2.31. The van der Waals surface area contributed by atoms with Gasteiger partial charge in [0.2, 0.25) is 0 Å². The minimum absolute atomic E-state index is 0.682. The summed E-state index contributed by atoms with van der Waals surface area (Å²) in [6, 6.07) is 0.682. The molecule has 3 atom stereocenters. The minimum Gasteiger partial charge on any atom is -0.313 e. The van der Waals surface area contributed by atoms with Crippen molar-refractivity contribution in [2.75, 3.05) is 6.54 Å². The first kappa shape index (κ1) is 8.79. The van der Waals surface area contributed by atoms with Crippen molar-refractivity contribution >= 4 is 0 Å². The zero-order valence-electron chi connectivity index (χ0n) is 7.85. The monoisotopic (exact) mass is 153 g/mol. The Morgan fingerprint density at radius 1 is 1.64 bits per heavy atom. The molecule has 64 valence electrons. The van der Waals surface area contributed by atoms with Gasteiger partial charge in [0, 0.05) is 12.6 Å². The molecule has 1 saturated heterocycles. The van der Waals surface area contributed by atoms with E-state index in [1.54, 1.807) is 0 Å². The Morgan fingerprint density at radius 2 is 2.27 bits per heavy atom. The van der Waals surface area contributed by atoms with Crippen LogP contribution < -0.4 is 5.32 Å². The molecule has 0 aromatic rings. The number of nitrogens with one attached hydrogen (secondary N) is 1. The Hall–Kier alpha value is -0.300. The molecule has 0 aliphatic carbocycles. The van der Waals surface area contributed by atoms with Crippen molar-refractivity contribution in [3.05, 3.63) is 12.2 Å². The molecule has 0 aromatic heterocycles. The van der Waals surface area contributed by atoms with Gasteiger partial charge in [0.05, 0.1) is 0 Å². The molecule has 11 heavy (non-hydrogen) atoms.